The quantitative estimate of drug-likeness (QED) is 0.0243. The molecule has 0 aromatic carbocycles. The second kappa shape index (κ2) is 56.7. The van der Waals surface area contributed by atoms with Crippen LogP contribution < -0.4 is 5.32 Å². The predicted molar refractivity (Wildman–Crippen MR) is 323 cm³/mol. The molecular weight excluding hydrogens is 936 g/mol. The number of unbranched alkanes of at least 4 members (excludes halogenated alkanes) is 46. The minimum Gasteiger partial charge on any atom is -0.387 e. The Bertz CT molecular complexity index is 1260. The van der Waals surface area contributed by atoms with Gasteiger partial charge in [0.05, 0.1) is 39.9 Å². The number of carbonyl (C=O) groups excluding carboxylic acids is 1. The normalized spacial score (nSPS) is 13.9. The molecule has 0 aromatic heterocycles. The average Bonchev–Trinajstić information content (AvgIpc) is 3.36. The molecule has 0 spiro atoms. The Kier molecular flexibility index (Phi) is 55.9. The molecule has 440 valence electrons. The van der Waals surface area contributed by atoms with Gasteiger partial charge in [-0.25, -0.2) is 4.57 Å². The third-order valence-corrected chi connectivity index (χ3v) is 16.1. The smallest absolute Gasteiger partial charge is 0.387 e. The fourth-order valence-corrected chi connectivity index (χ4v) is 10.8. The van der Waals surface area contributed by atoms with Gasteiger partial charge >= 0.3 is 7.82 Å². The van der Waals surface area contributed by atoms with Gasteiger partial charge in [0.15, 0.2) is 0 Å². The summed E-state index contributed by atoms with van der Waals surface area (Å²) in [5.41, 5.74) is 0. The van der Waals surface area contributed by atoms with Crippen LogP contribution in [0, 0.1) is 0 Å². The van der Waals surface area contributed by atoms with Gasteiger partial charge < -0.3 is 19.8 Å². The number of phosphoric acid groups is 1. The molecule has 0 fully saturated rings. The molecule has 0 aromatic rings. The number of likely N-dealkylation sites (N-methyl/N-ethyl adjacent to an activating group) is 1. The summed E-state index contributed by atoms with van der Waals surface area (Å²) in [5, 5.41) is 14.0. The van der Waals surface area contributed by atoms with E-state index < -0.39 is 20.0 Å². The third kappa shape index (κ3) is 58.7. The number of aliphatic hydroxyl groups excluding tert-OH is 1. The highest BCUT2D eigenvalue weighted by atomic mass is 31.2. The highest BCUT2D eigenvalue weighted by Crippen LogP contribution is 2.43. The molecule has 0 heterocycles. The summed E-state index contributed by atoms with van der Waals surface area (Å²) >= 11 is 0. The lowest BCUT2D eigenvalue weighted by Gasteiger charge is -2.25. The lowest BCUT2D eigenvalue weighted by molar-refractivity contribution is -0.870. The highest BCUT2D eigenvalue weighted by Gasteiger charge is 2.28. The maximum Gasteiger partial charge on any atom is 0.472 e. The number of aliphatic hydroxyl groups is 1. The van der Waals surface area contributed by atoms with Crippen LogP contribution >= 0.6 is 7.82 Å². The van der Waals surface area contributed by atoms with Crippen LogP contribution in [-0.4, -0.2) is 73.4 Å². The lowest BCUT2D eigenvalue weighted by Crippen LogP contribution is -2.45. The molecule has 0 aliphatic carbocycles. The fraction of sp³-hybridized carbons (Fsp3) is 0.923. The van der Waals surface area contributed by atoms with Crippen LogP contribution in [0.2, 0.25) is 0 Å². The van der Waals surface area contributed by atoms with Gasteiger partial charge in [-0.05, 0) is 44.9 Å². The number of amides is 1. The molecule has 9 heteroatoms. The summed E-state index contributed by atoms with van der Waals surface area (Å²) in [6.45, 7) is 4.87. The van der Waals surface area contributed by atoms with Crippen molar-refractivity contribution in [3.63, 3.8) is 0 Å². The number of allylic oxidation sites excluding steroid dienone is 3. The molecule has 0 aliphatic heterocycles. The van der Waals surface area contributed by atoms with Crippen LogP contribution in [-0.2, 0) is 18.4 Å². The van der Waals surface area contributed by atoms with Gasteiger partial charge in [0.25, 0.3) is 0 Å². The number of rotatable bonds is 61. The van der Waals surface area contributed by atoms with Crippen molar-refractivity contribution in [3.8, 4) is 0 Å². The maximum absolute atomic E-state index is 13.0. The van der Waals surface area contributed by atoms with E-state index in [4.69, 9.17) is 9.05 Å². The van der Waals surface area contributed by atoms with Crippen molar-refractivity contribution in [1.82, 2.24) is 5.32 Å². The zero-order valence-corrected chi connectivity index (χ0v) is 51.3. The molecule has 0 aliphatic rings. The van der Waals surface area contributed by atoms with Crippen molar-refractivity contribution in [2.45, 2.75) is 347 Å². The van der Waals surface area contributed by atoms with Crippen LogP contribution in [0.3, 0.4) is 0 Å². The summed E-state index contributed by atoms with van der Waals surface area (Å²) in [6.07, 6.45) is 73.0. The van der Waals surface area contributed by atoms with E-state index >= 15 is 0 Å². The van der Waals surface area contributed by atoms with Gasteiger partial charge in [-0.15, -0.1) is 0 Å². The van der Waals surface area contributed by atoms with Gasteiger partial charge in [-0.3, -0.25) is 13.8 Å². The number of hydrogen-bond donors (Lipinski definition) is 3. The molecule has 74 heavy (non-hydrogen) atoms. The number of nitrogens with zero attached hydrogens (tertiary/aromatic N) is 1. The minimum atomic E-state index is -4.35. The Labute approximate surface area is 462 Å². The SMILES string of the molecule is CCCCCCCCCC/C=C\CCCCCCCCCCCCCCCCCC(=O)NC(COP(=O)(O)OCC[N+](C)(C)C)C(O)/C=C/CCCCCCCCCCCCCCCCCCCCCCCCC. The van der Waals surface area contributed by atoms with Crippen molar-refractivity contribution in [2.75, 3.05) is 40.9 Å². The Balaban J connectivity index is 4.10. The second-order valence-electron chi connectivity index (χ2n) is 23.8. The number of quaternary nitrogens is 1. The van der Waals surface area contributed by atoms with Crippen LogP contribution in [0.25, 0.3) is 0 Å². The first-order chi connectivity index (χ1) is 36.0. The average molecular weight is 1070 g/mol. The molecule has 0 rings (SSSR count). The van der Waals surface area contributed by atoms with Crippen molar-refractivity contribution in [1.29, 1.82) is 0 Å². The van der Waals surface area contributed by atoms with Crippen LogP contribution in [0.5, 0.6) is 0 Å². The monoisotopic (exact) mass is 1070 g/mol. The lowest BCUT2D eigenvalue weighted by atomic mass is 10.0. The Morgan fingerprint density at radius 3 is 1.04 bits per heavy atom. The molecule has 3 N–H and O–H groups in total. The van der Waals surface area contributed by atoms with E-state index in [2.05, 4.69) is 31.3 Å². The van der Waals surface area contributed by atoms with E-state index in [1.807, 2.05) is 27.2 Å². The first-order valence-corrected chi connectivity index (χ1v) is 34.2. The number of nitrogens with one attached hydrogen (secondary N) is 1. The number of phosphoric ester groups is 1. The molecule has 0 radical (unpaired) electrons. The summed E-state index contributed by atoms with van der Waals surface area (Å²) in [7, 11) is 1.59. The molecular formula is C65H130N2O6P+. The molecule has 3 unspecified atom stereocenters. The van der Waals surface area contributed by atoms with E-state index in [0.29, 0.717) is 17.4 Å². The summed E-state index contributed by atoms with van der Waals surface area (Å²) in [4.78, 5) is 23.4. The first kappa shape index (κ1) is 73.0. The minimum absolute atomic E-state index is 0.0640. The van der Waals surface area contributed by atoms with Crippen molar-refractivity contribution in [3.05, 3.63) is 24.3 Å². The molecule has 0 saturated heterocycles. The number of hydrogen-bond acceptors (Lipinski definition) is 5. The molecule has 8 nitrogen and oxygen atoms in total. The molecule has 0 saturated carbocycles. The van der Waals surface area contributed by atoms with Crippen molar-refractivity contribution >= 4 is 13.7 Å². The zero-order chi connectivity index (χ0) is 54.2. The second-order valence-corrected chi connectivity index (χ2v) is 25.3. The summed E-state index contributed by atoms with van der Waals surface area (Å²) < 4.78 is 23.8. The van der Waals surface area contributed by atoms with E-state index in [1.54, 1.807) is 6.08 Å². The topological polar surface area (TPSA) is 105 Å². The largest absolute Gasteiger partial charge is 0.472 e. The molecule has 3 atom stereocenters. The maximum atomic E-state index is 13.0. The zero-order valence-electron chi connectivity index (χ0n) is 50.4. The van der Waals surface area contributed by atoms with Gasteiger partial charge in [-0.2, -0.15) is 0 Å². The van der Waals surface area contributed by atoms with Crippen molar-refractivity contribution < 1.29 is 32.9 Å². The van der Waals surface area contributed by atoms with Crippen LogP contribution in [0.15, 0.2) is 24.3 Å². The standard InChI is InChI=1S/C65H129N2O6P/c1-6-8-10-12-14-16-18-20-22-24-26-28-30-32-33-35-37-39-41-43-45-47-49-51-53-55-57-59-65(69)66-63(62-73-74(70,71)72-61-60-67(3,4)5)64(68)58-56-54-52-50-48-46-44-42-40-38-36-34-31-29-27-25-23-21-19-17-15-13-11-9-7-2/h24,26,56,58,63-64,68H,6-23,25,27-55,57,59-62H2,1-5H3,(H-,66,69,70,71)/p+1/b26-24-,58-56+. The van der Waals surface area contributed by atoms with E-state index in [9.17, 15) is 19.4 Å². The van der Waals surface area contributed by atoms with E-state index in [1.165, 1.54) is 283 Å². The fourth-order valence-electron chi connectivity index (χ4n) is 10.0. The van der Waals surface area contributed by atoms with Gasteiger partial charge in [0, 0.05) is 6.42 Å². The Morgan fingerprint density at radius 1 is 0.446 bits per heavy atom. The summed E-state index contributed by atoms with van der Waals surface area (Å²) in [5.74, 6) is -0.170. The van der Waals surface area contributed by atoms with E-state index in [0.717, 1.165) is 32.1 Å². The van der Waals surface area contributed by atoms with E-state index in [-0.39, 0.29) is 19.1 Å². The molecule has 1 amide bonds. The predicted octanol–water partition coefficient (Wildman–Crippen LogP) is 20.3. The van der Waals surface area contributed by atoms with Crippen molar-refractivity contribution in [2.24, 2.45) is 0 Å². The number of carbonyl (C=O) groups is 1. The summed E-state index contributed by atoms with van der Waals surface area (Å²) in [6, 6.07) is -0.845. The third-order valence-electron chi connectivity index (χ3n) is 15.2. The molecule has 0 bridgehead atoms. The van der Waals surface area contributed by atoms with Crippen LogP contribution in [0.4, 0.5) is 0 Å². The highest BCUT2D eigenvalue weighted by molar-refractivity contribution is 7.47. The van der Waals surface area contributed by atoms with Gasteiger partial charge in [-0.1, -0.05) is 308 Å². The van der Waals surface area contributed by atoms with Crippen LogP contribution in [0.1, 0.15) is 335 Å². The van der Waals surface area contributed by atoms with Gasteiger partial charge in [0.1, 0.15) is 13.2 Å². The Morgan fingerprint density at radius 2 is 0.730 bits per heavy atom. The Hall–Kier alpha value is -1.02. The van der Waals surface area contributed by atoms with Gasteiger partial charge in [0.2, 0.25) is 5.91 Å². The first-order valence-electron chi connectivity index (χ1n) is 32.7.